The van der Waals surface area contributed by atoms with E-state index in [4.69, 9.17) is 13.4 Å². The van der Waals surface area contributed by atoms with Gasteiger partial charge in [0.05, 0.1) is 0 Å². The highest BCUT2D eigenvalue weighted by Crippen LogP contribution is 2.25. The average Bonchev–Trinajstić information content (AvgIpc) is 3.06. The van der Waals surface area contributed by atoms with Crippen LogP contribution in [0.5, 0.6) is 0 Å². The summed E-state index contributed by atoms with van der Waals surface area (Å²) in [4.78, 5) is 12.4. The first-order valence-electron chi connectivity index (χ1n) is 21.0. The highest BCUT2D eigenvalue weighted by atomic mass is 32.2. The van der Waals surface area contributed by atoms with Gasteiger partial charge in [0.15, 0.2) is 5.12 Å². The van der Waals surface area contributed by atoms with E-state index >= 15 is 0 Å². The summed E-state index contributed by atoms with van der Waals surface area (Å²) < 4.78 is 19.4. The summed E-state index contributed by atoms with van der Waals surface area (Å²) in [5.41, 5.74) is 3.34. The van der Waals surface area contributed by atoms with Crippen molar-refractivity contribution < 1.29 is 18.2 Å². The Morgan fingerprint density at radius 2 is 1.15 bits per heavy atom. The quantitative estimate of drug-likeness (QED) is 0.0533. The van der Waals surface area contributed by atoms with Gasteiger partial charge in [0, 0.05) is 38.0 Å². The lowest BCUT2D eigenvalue weighted by Crippen LogP contribution is -2.52. The van der Waals surface area contributed by atoms with Gasteiger partial charge < -0.3 is 8.85 Å². The fourth-order valence-electron chi connectivity index (χ4n) is 6.63. The molecule has 0 saturated carbocycles. The third-order valence-electron chi connectivity index (χ3n) is 9.86. The van der Waals surface area contributed by atoms with Crippen LogP contribution in [0, 0.1) is 5.92 Å². The van der Waals surface area contributed by atoms with E-state index in [1.807, 2.05) is 0 Å². The van der Waals surface area contributed by atoms with Crippen molar-refractivity contribution in [3.05, 3.63) is 0 Å². The van der Waals surface area contributed by atoms with Crippen LogP contribution >= 0.6 is 11.8 Å². The molecule has 1 rings (SSSR count). The van der Waals surface area contributed by atoms with Crippen LogP contribution in [0.15, 0.2) is 0 Å². The van der Waals surface area contributed by atoms with Crippen LogP contribution in [-0.4, -0.2) is 39.4 Å². The van der Waals surface area contributed by atoms with Crippen molar-refractivity contribution in [3.63, 3.8) is 0 Å². The maximum atomic E-state index is 12.4. The predicted molar refractivity (Wildman–Crippen MR) is 208 cm³/mol. The number of hydrogen-bond donors (Lipinski definition) is 1. The number of thioether (sulfide) groups is 1. The molecule has 0 amide bonds. The first-order chi connectivity index (χ1) is 23.2. The molecule has 1 aliphatic heterocycles. The standard InChI is InChI=1S/C40H81NO4SSi/c1-4-7-10-13-15-17-18-19-20-21-22-25-27-31-39-33-35-44-47(45-41-38-39,43-34-29-26-23-16-14-11-8-5-2)37-30-36-46-40(42)32-28-24-12-9-6-3/h39,41H,4-38H2,1-3H3. The van der Waals surface area contributed by atoms with Gasteiger partial charge in [-0.15, -0.1) is 0 Å². The molecule has 1 heterocycles. The summed E-state index contributed by atoms with van der Waals surface area (Å²) >= 11 is 1.50. The van der Waals surface area contributed by atoms with E-state index in [0.717, 1.165) is 57.2 Å². The van der Waals surface area contributed by atoms with E-state index in [1.54, 1.807) is 0 Å². The minimum absolute atomic E-state index is 0.339. The summed E-state index contributed by atoms with van der Waals surface area (Å²) in [7, 11) is -2.80. The topological polar surface area (TPSA) is 56.8 Å². The number of carbonyl (C=O) groups is 1. The maximum absolute atomic E-state index is 12.4. The smallest absolute Gasteiger partial charge is 0.373 e. The number of carbonyl (C=O) groups excluding carboxylic acids is 1. The first-order valence-corrected chi connectivity index (χ1v) is 23.9. The zero-order valence-corrected chi connectivity index (χ0v) is 33.7. The molecule has 1 saturated heterocycles. The van der Waals surface area contributed by atoms with Gasteiger partial charge in [-0.1, -0.05) is 187 Å². The van der Waals surface area contributed by atoms with E-state index in [-0.39, 0.29) is 0 Å². The monoisotopic (exact) mass is 700 g/mol. The highest BCUT2D eigenvalue weighted by Gasteiger charge is 2.42. The van der Waals surface area contributed by atoms with E-state index in [1.165, 1.54) is 172 Å². The van der Waals surface area contributed by atoms with Gasteiger partial charge >= 0.3 is 8.80 Å². The largest absolute Gasteiger partial charge is 0.517 e. The molecule has 7 heteroatoms. The van der Waals surface area contributed by atoms with Crippen molar-refractivity contribution >= 4 is 25.7 Å². The second kappa shape index (κ2) is 34.5. The van der Waals surface area contributed by atoms with Gasteiger partial charge in [-0.25, -0.2) is 5.48 Å². The third-order valence-corrected chi connectivity index (χ3v) is 13.6. The Labute approximate surface area is 299 Å². The number of hydrogen-bond acceptors (Lipinski definition) is 6. The van der Waals surface area contributed by atoms with Crippen molar-refractivity contribution in [1.82, 2.24) is 5.48 Å². The summed E-state index contributed by atoms with van der Waals surface area (Å²) in [5.74, 6) is 1.44. The van der Waals surface area contributed by atoms with Gasteiger partial charge in [-0.3, -0.25) is 9.32 Å². The zero-order chi connectivity index (χ0) is 33.9. The van der Waals surface area contributed by atoms with E-state index in [2.05, 4.69) is 26.3 Å². The minimum Gasteiger partial charge on any atom is -0.373 e. The lowest BCUT2D eigenvalue weighted by Gasteiger charge is -2.33. The van der Waals surface area contributed by atoms with Crippen LogP contribution < -0.4 is 5.48 Å². The summed E-state index contributed by atoms with van der Waals surface area (Å²) in [6.45, 7) is 9.15. The van der Waals surface area contributed by atoms with Crippen molar-refractivity contribution in [3.8, 4) is 0 Å². The Kier molecular flexibility index (Phi) is 33.1. The molecule has 0 aromatic heterocycles. The average molecular weight is 700 g/mol. The predicted octanol–water partition coefficient (Wildman–Crippen LogP) is 13.1. The number of unbranched alkanes of at least 4 members (excludes halogenated alkanes) is 23. The summed E-state index contributed by atoms with van der Waals surface area (Å²) in [6, 6.07) is 0.789. The first kappa shape index (κ1) is 45.1. The summed E-state index contributed by atoms with van der Waals surface area (Å²) in [6.07, 6.45) is 38.5. The van der Waals surface area contributed by atoms with Crippen LogP contribution in [-0.2, 0) is 18.2 Å². The van der Waals surface area contributed by atoms with E-state index < -0.39 is 8.80 Å². The van der Waals surface area contributed by atoms with Gasteiger partial charge in [0.2, 0.25) is 0 Å². The molecular formula is C40H81NO4SSi. The lowest BCUT2D eigenvalue weighted by atomic mass is 9.97. The highest BCUT2D eigenvalue weighted by molar-refractivity contribution is 8.13. The van der Waals surface area contributed by atoms with Crippen LogP contribution in [0.1, 0.15) is 213 Å². The second-order valence-electron chi connectivity index (χ2n) is 14.5. The van der Waals surface area contributed by atoms with Crippen LogP contribution in [0.4, 0.5) is 0 Å². The van der Waals surface area contributed by atoms with Crippen LogP contribution in [0.2, 0.25) is 6.04 Å². The second-order valence-corrected chi connectivity index (χ2v) is 18.3. The molecule has 0 aliphatic carbocycles. The molecule has 280 valence electrons. The Balaban J connectivity index is 2.31. The molecule has 47 heavy (non-hydrogen) atoms. The molecule has 0 aromatic carbocycles. The van der Waals surface area contributed by atoms with Crippen molar-refractivity contribution in [2.75, 3.05) is 25.5 Å². The van der Waals surface area contributed by atoms with Crippen molar-refractivity contribution in [2.45, 2.75) is 219 Å². The van der Waals surface area contributed by atoms with Gasteiger partial charge in [0.25, 0.3) is 0 Å². The van der Waals surface area contributed by atoms with Crippen LogP contribution in [0.25, 0.3) is 0 Å². The normalized spacial score (nSPS) is 18.7. The van der Waals surface area contributed by atoms with Gasteiger partial charge in [-0.2, -0.15) is 0 Å². The Bertz CT molecular complexity index is 660. The van der Waals surface area contributed by atoms with Crippen LogP contribution in [0.3, 0.4) is 0 Å². The molecule has 2 atom stereocenters. The fraction of sp³-hybridized carbons (Fsp3) is 0.975. The van der Waals surface area contributed by atoms with Crippen molar-refractivity contribution in [1.29, 1.82) is 0 Å². The van der Waals surface area contributed by atoms with Gasteiger partial charge in [0.1, 0.15) is 0 Å². The molecule has 0 aromatic rings. The number of hydroxylamine groups is 1. The summed E-state index contributed by atoms with van der Waals surface area (Å²) in [5, 5.41) is 0.339. The molecular weight excluding hydrogens is 619 g/mol. The molecule has 1 aliphatic rings. The van der Waals surface area contributed by atoms with E-state index in [9.17, 15) is 4.79 Å². The maximum Gasteiger partial charge on any atom is 0.517 e. The Morgan fingerprint density at radius 1 is 0.660 bits per heavy atom. The fourth-order valence-corrected chi connectivity index (χ4v) is 10.1. The molecule has 2 unspecified atom stereocenters. The van der Waals surface area contributed by atoms with Gasteiger partial charge in [-0.05, 0) is 38.0 Å². The molecule has 0 bridgehead atoms. The minimum atomic E-state index is -2.80. The van der Waals surface area contributed by atoms with E-state index in [0.29, 0.717) is 17.5 Å². The zero-order valence-electron chi connectivity index (χ0n) is 31.9. The molecule has 1 fully saturated rings. The Hall–Kier alpha value is 0.0769. The SMILES string of the molecule is CCCCCCCCCCCCCCCC1CCO[Si](CCCSC(=O)CCCCCCC)(OCCCCCCCCCC)ONC1. The third kappa shape index (κ3) is 28.5. The number of rotatable bonds is 34. The Morgan fingerprint density at radius 3 is 1.70 bits per heavy atom. The van der Waals surface area contributed by atoms with Crippen molar-refractivity contribution in [2.24, 2.45) is 5.92 Å². The molecule has 0 spiro atoms. The number of nitrogens with one attached hydrogen (secondary N) is 1. The lowest BCUT2D eigenvalue weighted by molar-refractivity contribution is -0.111. The molecule has 0 radical (unpaired) electrons. The molecule has 1 N–H and O–H groups in total. The molecule has 5 nitrogen and oxygen atoms in total.